The van der Waals surface area contributed by atoms with Gasteiger partial charge >= 0.3 is 0 Å². The predicted octanol–water partition coefficient (Wildman–Crippen LogP) is 2.52. The maximum Gasteiger partial charge on any atom is 0.236 e. The molecular weight excluding hydrogens is 414 g/mol. The first kappa shape index (κ1) is 21.5. The van der Waals surface area contributed by atoms with Crippen LogP contribution < -0.4 is 14.9 Å². The molecule has 0 saturated carbocycles. The van der Waals surface area contributed by atoms with Gasteiger partial charge in [0, 0.05) is 19.1 Å². The Morgan fingerprint density at radius 3 is 2.77 bits per heavy atom. The summed E-state index contributed by atoms with van der Waals surface area (Å²) in [4.78, 5) is 13.5. The van der Waals surface area contributed by atoms with Gasteiger partial charge in [-0.3, -0.25) is 8.71 Å². The predicted molar refractivity (Wildman–Crippen MR) is 123 cm³/mol. The van der Waals surface area contributed by atoms with Gasteiger partial charge in [0.15, 0.2) is 11.5 Å². The van der Waals surface area contributed by atoms with Crippen molar-refractivity contribution in [3.05, 3.63) is 36.8 Å². The van der Waals surface area contributed by atoms with Crippen LogP contribution in [0.5, 0.6) is 0 Å². The Morgan fingerprint density at radius 1 is 1.16 bits per heavy atom. The van der Waals surface area contributed by atoms with E-state index in [2.05, 4.69) is 20.6 Å². The molecule has 2 N–H and O–H groups in total. The quantitative estimate of drug-likeness (QED) is 0.638. The Morgan fingerprint density at radius 2 is 2.03 bits per heavy atom. The summed E-state index contributed by atoms with van der Waals surface area (Å²) in [6, 6.07) is 6.23. The Hall–Kier alpha value is -2.72. The number of pyridine rings is 1. The largest absolute Gasteiger partial charge is 0.366 e. The molecule has 0 bridgehead atoms. The first-order valence-electron chi connectivity index (χ1n) is 10.9. The summed E-state index contributed by atoms with van der Waals surface area (Å²) in [5.41, 5.74) is 2.22. The highest BCUT2D eigenvalue weighted by Crippen LogP contribution is 2.26. The van der Waals surface area contributed by atoms with Gasteiger partial charge in [0.1, 0.15) is 5.82 Å². The van der Waals surface area contributed by atoms with Gasteiger partial charge in [0.25, 0.3) is 0 Å². The SMILES string of the molecule is CC.O=S1(=O)CCCN1c1cn2c(-c3cccc(NC4CCCNC4)n3)cnc2cn1. The topological polar surface area (TPSA) is 105 Å². The number of nitrogens with one attached hydrogen (secondary N) is 2. The molecule has 2 aliphatic heterocycles. The van der Waals surface area contributed by atoms with Crippen LogP contribution in [0.3, 0.4) is 0 Å². The summed E-state index contributed by atoms with van der Waals surface area (Å²) >= 11 is 0. The molecule has 31 heavy (non-hydrogen) atoms. The molecule has 2 fully saturated rings. The summed E-state index contributed by atoms with van der Waals surface area (Å²) < 4.78 is 27.7. The van der Waals surface area contributed by atoms with Crippen LogP contribution in [-0.4, -0.2) is 59.2 Å². The van der Waals surface area contributed by atoms with Crippen LogP contribution in [0.15, 0.2) is 36.8 Å². The van der Waals surface area contributed by atoms with Crippen molar-refractivity contribution < 1.29 is 8.42 Å². The summed E-state index contributed by atoms with van der Waals surface area (Å²) in [5.74, 6) is 1.40. The first-order valence-corrected chi connectivity index (χ1v) is 12.5. The van der Waals surface area contributed by atoms with Crippen molar-refractivity contribution in [2.75, 3.05) is 35.0 Å². The van der Waals surface area contributed by atoms with E-state index in [0.717, 1.165) is 43.1 Å². The van der Waals surface area contributed by atoms with Crippen LogP contribution >= 0.6 is 0 Å². The van der Waals surface area contributed by atoms with Crippen molar-refractivity contribution in [3.63, 3.8) is 0 Å². The number of fused-ring (bicyclic) bond motifs is 1. The fourth-order valence-corrected chi connectivity index (χ4v) is 5.44. The van der Waals surface area contributed by atoms with Crippen LogP contribution in [0.25, 0.3) is 17.0 Å². The monoisotopic (exact) mass is 443 g/mol. The summed E-state index contributed by atoms with van der Waals surface area (Å²) in [5, 5.41) is 6.89. The number of rotatable bonds is 4. The van der Waals surface area contributed by atoms with Crippen molar-refractivity contribution in [2.24, 2.45) is 0 Å². The average Bonchev–Trinajstić information content (AvgIpc) is 3.38. The molecule has 1 atom stereocenters. The number of sulfonamides is 1. The molecule has 10 heteroatoms. The van der Waals surface area contributed by atoms with E-state index < -0.39 is 10.0 Å². The third-order valence-electron chi connectivity index (χ3n) is 5.40. The summed E-state index contributed by atoms with van der Waals surface area (Å²) in [6.07, 6.45) is 7.96. The molecule has 2 aliphatic rings. The number of hydrogen-bond acceptors (Lipinski definition) is 7. The molecule has 9 nitrogen and oxygen atoms in total. The Labute approximate surface area is 183 Å². The molecule has 166 valence electrons. The second-order valence-electron chi connectivity index (χ2n) is 7.45. The second kappa shape index (κ2) is 9.19. The number of nitrogens with zero attached hydrogens (tertiary/aromatic N) is 5. The maximum absolute atomic E-state index is 12.3. The Balaban J connectivity index is 0.00000112. The van der Waals surface area contributed by atoms with E-state index in [1.54, 1.807) is 18.6 Å². The van der Waals surface area contributed by atoms with E-state index in [4.69, 9.17) is 4.98 Å². The van der Waals surface area contributed by atoms with Gasteiger partial charge in [-0.1, -0.05) is 19.9 Å². The van der Waals surface area contributed by atoms with E-state index in [1.165, 1.54) is 4.31 Å². The second-order valence-corrected chi connectivity index (χ2v) is 9.47. The van der Waals surface area contributed by atoms with Gasteiger partial charge in [-0.2, -0.15) is 0 Å². The number of aromatic nitrogens is 4. The van der Waals surface area contributed by atoms with Crippen LogP contribution in [-0.2, 0) is 10.0 Å². The normalized spacial score (nSPS) is 20.3. The van der Waals surface area contributed by atoms with Gasteiger partial charge in [0.05, 0.1) is 35.7 Å². The van der Waals surface area contributed by atoms with Crippen LogP contribution in [0, 0.1) is 0 Å². The van der Waals surface area contributed by atoms with Crippen LogP contribution in [0.4, 0.5) is 11.6 Å². The van der Waals surface area contributed by atoms with Crippen molar-refractivity contribution in [3.8, 4) is 11.4 Å². The molecule has 0 radical (unpaired) electrons. The van der Waals surface area contributed by atoms with Gasteiger partial charge in [-0.15, -0.1) is 0 Å². The molecule has 1 unspecified atom stereocenters. The number of imidazole rings is 1. The highest BCUT2D eigenvalue weighted by atomic mass is 32.2. The molecule has 3 aromatic heterocycles. The Bertz CT molecular complexity index is 1140. The lowest BCUT2D eigenvalue weighted by atomic mass is 10.1. The smallest absolute Gasteiger partial charge is 0.236 e. The Kier molecular flexibility index (Phi) is 6.38. The highest BCUT2D eigenvalue weighted by molar-refractivity contribution is 7.93. The minimum absolute atomic E-state index is 0.162. The molecule has 0 spiro atoms. The maximum atomic E-state index is 12.3. The fraction of sp³-hybridized carbons (Fsp3) is 0.476. The number of piperidine rings is 1. The van der Waals surface area contributed by atoms with Gasteiger partial charge in [0.2, 0.25) is 10.0 Å². The van der Waals surface area contributed by atoms with Gasteiger partial charge in [-0.05, 0) is 37.9 Å². The highest BCUT2D eigenvalue weighted by Gasteiger charge is 2.29. The molecule has 0 aliphatic carbocycles. The number of anilines is 2. The van der Waals surface area contributed by atoms with Crippen LogP contribution in [0.2, 0.25) is 0 Å². The molecule has 5 rings (SSSR count). The molecular formula is C21H29N7O2S. The number of hydrogen-bond donors (Lipinski definition) is 2. The third kappa shape index (κ3) is 4.49. The van der Waals surface area contributed by atoms with Gasteiger partial charge in [-0.25, -0.2) is 23.4 Å². The molecule has 5 heterocycles. The van der Waals surface area contributed by atoms with Crippen LogP contribution in [0.1, 0.15) is 33.1 Å². The van der Waals surface area contributed by atoms with Gasteiger partial charge < -0.3 is 10.6 Å². The van der Waals surface area contributed by atoms with Crippen molar-refractivity contribution in [1.29, 1.82) is 0 Å². The van der Waals surface area contributed by atoms with E-state index in [1.807, 2.05) is 36.4 Å². The standard InChI is InChI=1S/C19H23N7O2S.C2H6/c27-29(28)9-3-8-26(29)19-13-25-16(11-21-18(25)12-22-19)15-5-1-6-17(24-15)23-14-4-2-7-20-10-14;1-2/h1,5-6,11-14,20H,2-4,7-10H2,(H,23,24);1-2H3. The average molecular weight is 444 g/mol. The molecule has 3 aromatic rings. The lowest BCUT2D eigenvalue weighted by molar-refractivity contribution is 0.479. The van der Waals surface area contributed by atoms with Crippen molar-refractivity contribution in [2.45, 2.75) is 39.2 Å². The molecule has 0 amide bonds. The zero-order chi connectivity index (χ0) is 21.8. The van der Waals surface area contributed by atoms with Crippen molar-refractivity contribution >= 4 is 27.3 Å². The van der Waals surface area contributed by atoms with E-state index in [-0.39, 0.29) is 5.75 Å². The van der Waals surface area contributed by atoms with Crippen molar-refractivity contribution in [1.82, 2.24) is 24.7 Å². The molecule has 2 saturated heterocycles. The zero-order valence-electron chi connectivity index (χ0n) is 18.0. The lowest BCUT2D eigenvalue weighted by Crippen LogP contribution is -2.38. The van der Waals surface area contributed by atoms with E-state index in [9.17, 15) is 8.42 Å². The lowest BCUT2D eigenvalue weighted by Gasteiger charge is -2.24. The zero-order valence-corrected chi connectivity index (χ0v) is 18.8. The minimum Gasteiger partial charge on any atom is -0.366 e. The van der Waals surface area contributed by atoms with E-state index in [0.29, 0.717) is 30.5 Å². The third-order valence-corrected chi connectivity index (χ3v) is 7.24. The first-order chi connectivity index (χ1) is 15.1. The van der Waals surface area contributed by atoms with E-state index >= 15 is 0 Å². The summed E-state index contributed by atoms with van der Waals surface area (Å²) in [7, 11) is -3.29. The molecule has 0 aromatic carbocycles. The fourth-order valence-electron chi connectivity index (χ4n) is 3.94. The summed E-state index contributed by atoms with van der Waals surface area (Å²) in [6.45, 7) is 6.45. The minimum atomic E-state index is -3.29.